The Morgan fingerprint density at radius 1 is 1.13 bits per heavy atom. The molecule has 1 atom stereocenters. The summed E-state index contributed by atoms with van der Waals surface area (Å²) in [5.74, 6) is 0.590. The first-order valence-corrected chi connectivity index (χ1v) is 5.81. The van der Waals surface area contributed by atoms with Crippen LogP contribution in [-0.2, 0) is 0 Å². The molecule has 0 bridgehead atoms. The summed E-state index contributed by atoms with van der Waals surface area (Å²) in [4.78, 5) is 0. The summed E-state index contributed by atoms with van der Waals surface area (Å²) in [6.45, 7) is 12.1. The molecule has 0 spiro atoms. The summed E-state index contributed by atoms with van der Waals surface area (Å²) in [5.41, 5.74) is 4.23. The highest BCUT2D eigenvalue weighted by Gasteiger charge is 2.08. The molecule has 0 fully saturated rings. The zero-order valence-corrected chi connectivity index (χ0v) is 10.6. The molecule has 15 heavy (non-hydrogen) atoms. The van der Waals surface area contributed by atoms with Gasteiger partial charge in [-0.05, 0) is 30.9 Å². The van der Waals surface area contributed by atoms with Gasteiger partial charge in [0, 0.05) is 12.6 Å². The fourth-order valence-corrected chi connectivity index (χ4v) is 1.81. The van der Waals surface area contributed by atoms with Crippen molar-refractivity contribution in [1.82, 2.24) is 5.32 Å². The van der Waals surface area contributed by atoms with E-state index in [-0.39, 0.29) is 0 Å². The normalized spacial score (nSPS) is 13.2. The number of aryl methyl sites for hydroxylation is 2. The van der Waals surface area contributed by atoms with Crippen molar-refractivity contribution in [2.75, 3.05) is 6.54 Å². The molecule has 1 aromatic rings. The quantitative estimate of drug-likeness (QED) is 0.794. The minimum atomic E-state index is 0.567. The van der Waals surface area contributed by atoms with Crippen LogP contribution >= 0.6 is 0 Å². The zero-order chi connectivity index (χ0) is 11.4. The SMILES string of the molecule is Cc1ccc(C)c(C(C)CNC(C)C)c1. The van der Waals surface area contributed by atoms with E-state index in [1.807, 2.05) is 0 Å². The molecule has 1 nitrogen and oxygen atoms in total. The van der Waals surface area contributed by atoms with E-state index in [0.29, 0.717) is 12.0 Å². The monoisotopic (exact) mass is 205 g/mol. The lowest BCUT2D eigenvalue weighted by Gasteiger charge is -2.17. The van der Waals surface area contributed by atoms with Gasteiger partial charge in [0.15, 0.2) is 0 Å². The van der Waals surface area contributed by atoms with Gasteiger partial charge in [-0.3, -0.25) is 0 Å². The highest BCUT2D eigenvalue weighted by molar-refractivity contribution is 5.33. The first-order chi connectivity index (χ1) is 7.00. The van der Waals surface area contributed by atoms with Crippen molar-refractivity contribution in [3.8, 4) is 0 Å². The minimum Gasteiger partial charge on any atom is -0.314 e. The fraction of sp³-hybridized carbons (Fsp3) is 0.571. The van der Waals surface area contributed by atoms with Crippen LogP contribution in [0.25, 0.3) is 0 Å². The lowest BCUT2D eigenvalue weighted by atomic mass is 9.94. The van der Waals surface area contributed by atoms with E-state index < -0.39 is 0 Å². The maximum absolute atomic E-state index is 3.49. The molecule has 1 heteroatoms. The second-order valence-electron chi connectivity index (χ2n) is 4.82. The first-order valence-electron chi connectivity index (χ1n) is 5.81. The number of benzene rings is 1. The van der Waals surface area contributed by atoms with Crippen molar-refractivity contribution in [1.29, 1.82) is 0 Å². The number of rotatable bonds is 4. The molecular formula is C14H23N. The number of hydrogen-bond acceptors (Lipinski definition) is 1. The van der Waals surface area contributed by atoms with E-state index in [1.165, 1.54) is 16.7 Å². The second kappa shape index (κ2) is 5.32. The third kappa shape index (κ3) is 3.67. The Hall–Kier alpha value is -0.820. The van der Waals surface area contributed by atoms with Gasteiger partial charge < -0.3 is 5.32 Å². The van der Waals surface area contributed by atoms with E-state index >= 15 is 0 Å². The Labute approximate surface area is 93.9 Å². The Kier molecular flexibility index (Phi) is 4.34. The van der Waals surface area contributed by atoms with Gasteiger partial charge in [-0.1, -0.05) is 44.5 Å². The van der Waals surface area contributed by atoms with E-state index in [4.69, 9.17) is 0 Å². The molecule has 0 aromatic heterocycles. The molecule has 0 aliphatic rings. The van der Waals surface area contributed by atoms with E-state index in [2.05, 4.69) is 58.1 Å². The van der Waals surface area contributed by atoms with Crippen molar-refractivity contribution >= 4 is 0 Å². The zero-order valence-electron chi connectivity index (χ0n) is 10.6. The van der Waals surface area contributed by atoms with Crippen molar-refractivity contribution in [3.63, 3.8) is 0 Å². The molecule has 0 saturated heterocycles. The molecular weight excluding hydrogens is 182 g/mol. The molecule has 0 aliphatic heterocycles. The van der Waals surface area contributed by atoms with E-state index in [0.717, 1.165) is 6.54 Å². The van der Waals surface area contributed by atoms with Crippen LogP contribution < -0.4 is 5.32 Å². The van der Waals surface area contributed by atoms with Crippen LogP contribution in [0.5, 0.6) is 0 Å². The molecule has 1 N–H and O–H groups in total. The third-order valence-electron chi connectivity index (χ3n) is 2.80. The van der Waals surface area contributed by atoms with Gasteiger partial charge in [-0.25, -0.2) is 0 Å². The maximum Gasteiger partial charge on any atom is 0.00199 e. The summed E-state index contributed by atoms with van der Waals surface area (Å²) >= 11 is 0. The van der Waals surface area contributed by atoms with Gasteiger partial charge >= 0.3 is 0 Å². The highest BCUT2D eigenvalue weighted by Crippen LogP contribution is 2.20. The maximum atomic E-state index is 3.49. The molecule has 0 saturated carbocycles. The Morgan fingerprint density at radius 2 is 1.80 bits per heavy atom. The summed E-state index contributed by atoms with van der Waals surface area (Å²) in [6.07, 6.45) is 0. The average molecular weight is 205 g/mol. The van der Waals surface area contributed by atoms with Gasteiger partial charge in [0.25, 0.3) is 0 Å². The van der Waals surface area contributed by atoms with Crippen molar-refractivity contribution in [2.24, 2.45) is 0 Å². The van der Waals surface area contributed by atoms with Crippen molar-refractivity contribution in [2.45, 2.75) is 46.6 Å². The largest absolute Gasteiger partial charge is 0.314 e. The molecule has 84 valence electrons. The van der Waals surface area contributed by atoms with Gasteiger partial charge in [0.1, 0.15) is 0 Å². The van der Waals surface area contributed by atoms with Crippen molar-refractivity contribution in [3.05, 3.63) is 34.9 Å². The van der Waals surface area contributed by atoms with E-state index in [1.54, 1.807) is 0 Å². The Balaban J connectivity index is 2.72. The van der Waals surface area contributed by atoms with Crippen LogP contribution in [0, 0.1) is 13.8 Å². The average Bonchev–Trinajstić information content (AvgIpc) is 2.18. The summed E-state index contributed by atoms with van der Waals surface area (Å²) in [5, 5.41) is 3.49. The van der Waals surface area contributed by atoms with Gasteiger partial charge in [-0.15, -0.1) is 0 Å². The van der Waals surface area contributed by atoms with Crippen LogP contribution in [0.3, 0.4) is 0 Å². The standard InChI is InChI=1S/C14H23N/c1-10(2)15-9-13(5)14-8-11(3)6-7-12(14)4/h6-8,10,13,15H,9H2,1-5H3. The van der Waals surface area contributed by atoms with Crippen molar-refractivity contribution < 1.29 is 0 Å². The van der Waals surface area contributed by atoms with Crippen LogP contribution in [-0.4, -0.2) is 12.6 Å². The molecule has 1 aromatic carbocycles. The predicted octanol–water partition coefficient (Wildman–Crippen LogP) is 3.40. The lowest BCUT2D eigenvalue weighted by molar-refractivity contribution is 0.547. The topological polar surface area (TPSA) is 12.0 Å². The smallest absolute Gasteiger partial charge is 0.00199 e. The molecule has 1 unspecified atom stereocenters. The summed E-state index contributed by atoms with van der Waals surface area (Å²) in [6, 6.07) is 7.28. The first kappa shape index (κ1) is 12.3. The third-order valence-corrected chi connectivity index (χ3v) is 2.80. The van der Waals surface area contributed by atoms with Crippen LogP contribution in [0.2, 0.25) is 0 Å². The van der Waals surface area contributed by atoms with E-state index in [9.17, 15) is 0 Å². The van der Waals surface area contributed by atoms with Gasteiger partial charge in [0.05, 0.1) is 0 Å². The number of nitrogens with one attached hydrogen (secondary N) is 1. The van der Waals surface area contributed by atoms with Gasteiger partial charge in [0.2, 0.25) is 0 Å². The summed E-state index contributed by atoms with van der Waals surface area (Å²) < 4.78 is 0. The molecule has 0 radical (unpaired) electrons. The molecule has 0 aliphatic carbocycles. The Morgan fingerprint density at radius 3 is 2.40 bits per heavy atom. The highest BCUT2D eigenvalue weighted by atomic mass is 14.9. The second-order valence-corrected chi connectivity index (χ2v) is 4.82. The minimum absolute atomic E-state index is 0.567. The molecule has 1 rings (SSSR count). The predicted molar refractivity (Wildman–Crippen MR) is 67.5 cm³/mol. The fourth-order valence-electron chi connectivity index (χ4n) is 1.81. The van der Waals surface area contributed by atoms with Crippen LogP contribution in [0.4, 0.5) is 0 Å². The lowest BCUT2D eigenvalue weighted by Crippen LogP contribution is -2.27. The van der Waals surface area contributed by atoms with Gasteiger partial charge in [-0.2, -0.15) is 0 Å². The van der Waals surface area contributed by atoms with Crippen LogP contribution in [0.1, 0.15) is 43.4 Å². The summed E-state index contributed by atoms with van der Waals surface area (Å²) in [7, 11) is 0. The van der Waals surface area contributed by atoms with Crippen LogP contribution in [0.15, 0.2) is 18.2 Å². The molecule has 0 heterocycles. The Bertz CT molecular complexity index is 315. The number of hydrogen-bond donors (Lipinski definition) is 1. The molecule has 0 amide bonds.